The largest absolute Gasteiger partial charge is 0.493 e. The summed E-state index contributed by atoms with van der Waals surface area (Å²) in [6, 6.07) is 10.6. The van der Waals surface area contributed by atoms with E-state index in [2.05, 4.69) is 4.98 Å². The van der Waals surface area contributed by atoms with Crippen molar-refractivity contribution < 1.29 is 23.8 Å². The first kappa shape index (κ1) is 16.7. The second kappa shape index (κ2) is 6.76. The van der Waals surface area contributed by atoms with Crippen molar-refractivity contribution in [3.8, 4) is 22.8 Å². The predicted octanol–water partition coefficient (Wildman–Crippen LogP) is 4.15. The van der Waals surface area contributed by atoms with Crippen molar-refractivity contribution >= 4 is 16.9 Å². The molecule has 0 unspecified atom stereocenters. The van der Waals surface area contributed by atoms with Crippen LogP contribution in [-0.2, 0) is 0 Å². The van der Waals surface area contributed by atoms with Gasteiger partial charge in [0.05, 0.1) is 30.5 Å². The highest BCUT2D eigenvalue weighted by Gasteiger charge is 2.17. The second-order valence-corrected chi connectivity index (χ2v) is 5.29. The van der Waals surface area contributed by atoms with Crippen LogP contribution in [-0.4, -0.2) is 29.8 Å². The summed E-state index contributed by atoms with van der Waals surface area (Å²) in [7, 11) is 1.49. The van der Waals surface area contributed by atoms with Gasteiger partial charge in [-0.25, -0.2) is 14.2 Å². The maximum Gasteiger partial charge on any atom is 0.336 e. The fourth-order valence-corrected chi connectivity index (χ4v) is 2.65. The molecule has 3 aromatic rings. The average Bonchev–Trinajstić information content (AvgIpc) is 2.61. The van der Waals surface area contributed by atoms with Crippen LogP contribution in [0.15, 0.2) is 42.5 Å². The third-order valence-electron chi connectivity index (χ3n) is 3.77. The van der Waals surface area contributed by atoms with E-state index < -0.39 is 11.8 Å². The molecule has 0 aliphatic rings. The fraction of sp³-hybridized carbons (Fsp3) is 0.158. The standard InChI is InChI=1S/C19H16FNO4/c1-3-25-18-9-12-13(19(22)23)8-15(11-6-4-5-7-14(11)20)21-16(12)10-17(18)24-2/h4-10H,3H2,1-2H3,(H,22,23). The molecule has 1 heterocycles. The molecule has 0 saturated heterocycles. The minimum absolute atomic E-state index is 0.0202. The van der Waals surface area contributed by atoms with E-state index in [1.807, 2.05) is 6.92 Å². The summed E-state index contributed by atoms with van der Waals surface area (Å²) in [4.78, 5) is 16.1. The van der Waals surface area contributed by atoms with Crippen LogP contribution in [0.4, 0.5) is 4.39 Å². The molecular weight excluding hydrogens is 325 g/mol. The van der Waals surface area contributed by atoms with Gasteiger partial charge in [-0.15, -0.1) is 0 Å². The highest BCUT2D eigenvalue weighted by atomic mass is 19.1. The van der Waals surface area contributed by atoms with Crippen molar-refractivity contribution in [2.75, 3.05) is 13.7 Å². The summed E-state index contributed by atoms with van der Waals surface area (Å²) in [5.41, 5.74) is 0.888. The molecule has 25 heavy (non-hydrogen) atoms. The van der Waals surface area contributed by atoms with E-state index in [-0.39, 0.29) is 16.8 Å². The molecule has 0 aliphatic heterocycles. The van der Waals surface area contributed by atoms with Crippen LogP contribution in [0.3, 0.4) is 0 Å². The van der Waals surface area contributed by atoms with Crippen molar-refractivity contribution in [3.63, 3.8) is 0 Å². The third kappa shape index (κ3) is 3.10. The quantitative estimate of drug-likeness (QED) is 0.755. The molecule has 0 spiro atoms. The lowest BCUT2D eigenvalue weighted by atomic mass is 10.0. The molecule has 128 valence electrons. The summed E-state index contributed by atoms with van der Waals surface area (Å²) in [5, 5.41) is 9.98. The number of ether oxygens (including phenoxy) is 2. The predicted molar refractivity (Wildman–Crippen MR) is 91.8 cm³/mol. The van der Waals surface area contributed by atoms with Gasteiger partial charge in [-0.2, -0.15) is 0 Å². The lowest BCUT2D eigenvalue weighted by Crippen LogP contribution is -2.03. The number of hydrogen-bond donors (Lipinski definition) is 1. The van der Waals surface area contributed by atoms with Crippen LogP contribution in [0.5, 0.6) is 11.5 Å². The third-order valence-corrected chi connectivity index (χ3v) is 3.77. The van der Waals surface area contributed by atoms with Crippen LogP contribution in [0.25, 0.3) is 22.2 Å². The number of methoxy groups -OCH3 is 1. The Bertz CT molecular complexity index is 956. The van der Waals surface area contributed by atoms with Gasteiger partial charge < -0.3 is 14.6 Å². The van der Waals surface area contributed by atoms with Crippen molar-refractivity contribution in [1.82, 2.24) is 4.98 Å². The van der Waals surface area contributed by atoms with Gasteiger partial charge in [0.2, 0.25) is 0 Å². The number of aromatic nitrogens is 1. The van der Waals surface area contributed by atoms with Crippen molar-refractivity contribution in [2.24, 2.45) is 0 Å². The van der Waals surface area contributed by atoms with Gasteiger partial charge in [0.1, 0.15) is 5.82 Å². The number of carboxylic acids is 1. The van der Waals surface area contributed by atoms with Crippen LogP contribution in [0.1, 0.15) is 17.3 Å². The number of benzene rings is 2. The summed E-state index contributed by atoms with van der Waals surface area (Å²) < 4.78 is 24.9. The van der Waals surface area contributed by atoms with Crippen LogP contribution in [0, 0.1) is 5.82 Å². The minimum Gasteiger partial charge on any atom is -0.493 e. The monoisotopic (exact) mass is 341 g/mol. The molecule has 0 saturated carbocycles. The Morgan fingerprint density at radius 3 is 2.60 bits per heavy atom. The molecule has 0 bridgehead atoms. The Hall–Kier alpha value is -3.15. The van der Waals surface area contributed by atoms with E-state index in [1.165, 1.54) is 19.2 Å². The fourth-order valence-electron chi connectivity index (χ4n) is 2.65. The van der Waals surface area contributed by atoms with E-state index in [0.717, 1.165) is 0 Å². The second-order valence-electron chi connectivity index (χ2n) is 5.29. The number of pyridine rings is 1. The Morgan fingerprint density at radius 1 is 1.20 bits per heavy atom. The van der Waals surface area contributed by atoms with Crippen LogP contribution < -0.4 is 9.47 Å². The van der Waals surface area contributed by atoms with Gasteiger partial charge in [-0.05, 0) is 31.2 Å². The van der Waals surface area contributed by atoms with Crippen LogP contribution in [0.2, 0.25) is 0 Å². The maximum atomic E-state index is 14.1. The number of nitrogens with zero attached hydrogens (tertiary/aromatic N) is 1. The van der Waals surface area contributed by atoms with Gasteiger partial charge in [0, 0.05) is 17.0 Å². The Labute approximate surface area is 143 Å². The number of fused-ring (bicyclic) bond motifs is 1. The molecule has 3 rings (SSSR count). The molecule has 1 N–H and O–H groups in total. The SMILES string of the molecule is CCOc1cc2c(C(=O)O)cc(-c3ccccc3F)nc2cc1OC. The number of hydrogen-bond acceptors (Lipinski definition) is 4. The molecule has 5 nitrogen and oxygen atoms in total. The Morgan fingerprint density at radius 2 is 1.96 bits per heavy atom. The van der Waals surface area contributed by atoms with Crippen LogP contribution >= 0.6 is 0 Å². The van der Waals surface area contributed by atoms with E-state index >= 15 is 0 Å². The Kier molecular flexibility index (Phi) is 4.52. The topological polar surface area (TPSA) is 68.7 Å². The zero-order chi connectivity index (χ0) is 18.0. The van der Waals surface area contributed by atoms with Crippen molar-refractivity contribution in [3.05, 3.63) is 53.8 Å². The van der Waals surface area contributed by atoms with Crippen molar-refractivity contribution in [2.45, 2.75) is 6.92 Å². The first-order valence-corrected chi connectivity index (χ1v) is 7.69. The zero-order valence-electron chi connectivity index (χ0n) is 13.7. The highest BCUT2D eigenvalue weighted by molar-refractivity contribution is 6.04. The van der Waals surface area contributed by atoms with Gasteiger partial charge in [0.15, 0.2) is 11.5 Å². The number of carbonyl (C=O) groups is 1. The highest BCUT2D eigenvalue weighted by Crippen LogP contribution is 2.35. The molecule has 6 heteroatoms. The van der Waals surface area contributed by atoms with E-state index in [4.69, 9.17) is 9.47 Å². The number of rotatable bonds is 5. The maximum absolute atomic E-state index is 14.1. The van der Waals surface area contributed by atoms with Gasteiger partial charge in [-0.3, -0.25) is 0 Å². The summed E-state index contributed by atoms with van der Waals surface area (Å²) in [5.74, 6) is -0.731. The first-order valence-electron chi connectivity index (χ1n) is 7.69. The van der Waals surface area contributed by atoms with E-state index in [1.54, 1.807) is 30.3 Å². The summed E-state index contributed by atoms with van der Waals surface area (Å²) in [6.07, 6.45) is 0. The molecule has 0 aliphatic carbocycles. The first-order chi connectivity index (χ1) is 12.0. The number of aromatic carboxylic acids is 1. The number of halogens is 1. The molecule has 1 aromatic heterocycles. The lowest BCUT2D eigenvalue weighted by molar-refractivity contribution is 0.0699. The van der Waals surface area contributed by atoms with E-state index in [9.17, 15) is 14.3 Å². The minimum atomic E-state index is -1.13. The van der Waals surface area contributed by atoms with Gasteiger partial charge in [-0.1, -0.05) is 12.1 Å². The molecule has 2 aromatic carbocycles. The summed E-state index contributed by atoms with van der Waals surface area (Å²) >= 11 is 0. The average molecular weight is 341 g/mol. The smallest absolute Gasteiger partial charge is 0.336 e. The molecular formula is C19H16FNO4. The molecule has 0 radical (unpaired) electrons. The molecule has 0 amide bonds. The van der Waals surface area contributed by atoms with Gasteiger partial charge in [0.25, 0.3) is 0 Å². The molecule has 0 atom stereocenters. The number of carboxylic acid groups (broad SMARTS) is 1. The zero-order valence-corrected chi connectivity index (χ0v) is 13.7. The Balaban J connectivity index is 2.31. The lowest BCUT2D eigenvalue weighted by Gasteiger charge is -2.13. The molecule has 0 fully saturated rings. The summed E-state index contributed by atoms with van der Waals surface area (Å²) in [6.45, 7) is 2.23. The van der Waals surface area contributed by atoms with Gasteiger partial charge >= 0.3 is 5.97 Å². The van der Waals surface area contributed by atoms with Crippen molar-refractivity contribution in [1.29, 1.82) is 0 Å². The van der Waals surface area contributed by atoms with E-state index in [0.29, 0.717) is 29.0 Å². The normalized spacial score (nSPS) is 10.7.